The molecule has 0 bridgehead atoms. The summed E-state index contributed by atoms with van der Waals surface area (Å²) in [6.07, 6.45) is 0. The van der Waals surface area contributed by atoms with E-state index in [1.54, 1.807) is 0 Å². The van der Waals surface area contributed by atoms with Gasteiger partial charge in [-0.15, -0.1) is 0 Å². The highest BCUT2D eigenvalue weighted by Crippen LogP contribution is 2.31. The van der Waals surface area contributed by atoms with Crippen molar-refractivity contribution in [2.24, 2.45) is 0 Å². The maximum Gasteiger partial charge on any atom is 0.335 e. The second-order valence-electron chi connectivity index (χ2n) is 4.17. The fourth-order valence-corrected chi connectivity index (χ4v) is 3.08. The zero-order chi connectivity index (χ0) is 15.6. The molecule has 6 nitrogen and oxygen atoms in total. The first-order chi connectivity index (χ1) is 9.86. The lowest BCUT2D eigenvalue weighted by molar-refractivity contribution is 0.0696. The topological polar surface area (TPSA) is 101 Å². The SMILES string of the molecule is COc1cc(S(=O)(=O)c2cccc(C(=O)O)c2)ccc1O. The summed E-state index contributed by atoms with van der Waals surface area (Å²) in [7, 11) is -2.60. The number of sulfone groups is 1. The molecule has 0 aliphatic carbocycles. The lowest BCUT2D eigenvalue weighted by Gasteiger charge is -2.08. The minimum Gasteiger partial charge on any atom is -0.504 e. The van der Waals surface area contributed by atoms with E-state index >= 15 is 0 Å². The van der Waals surface area contributed by atoms with Gasteiger partial charge in [0.05, 0.1) is 22.5 Å². The Kier molecular flexibility index (Phi) is 3.86. The van der Waals surface area contributed by atoms with Crippen molar-refractivity contribution in [3.63, 3.8) is 0 Å². The molecule has 0 unspecified atom stereocenters. The van der Waals surface area contributed by atoms with E-state index < -0.39 is 15.8 Å². The number of ether oxygens (including phenoxy) is 1. The first kappa shape index (κ1) is 14.9. The number of hydrogen-bond donors (Lipinski definition) is 2. The van der Waals surface area contributed by atoms with E-state index in [4.69, 9.17) is 9.84 Å². The standard InChI is InChI=1S/C14H12O6S/c1-20-13-8-11(5-6-12(13)15)21(18,19)10-4-2-3-9(7-10)14(16)17/h2-8,15H,1H3,(H,16,17). The summed E-state index contributed by atoms with van der Waals surface area (Å²) in [5, 5.41) is 18.4. The Balaban J connectivity index is 2.57. The molecule has 7 heteroatoms. The van der Waals surface area contributed by atoms with E-state index in [0.29, 0.717) is 0 Å². The van der Waals surface area contributed by atoms with E-state index in [9.17, 15) is 18.3 Å². The number of hydrogen-bond acceptors (Lipinski definition) is 5. The summed E-state index contributed by atoms with van der Waals surface area (Å²) < 4.78 is 29.8. The number of phenolic OH excluding ortho intramolecular Hbond substituents is 1. The molecule has 2 N–H and O–H groups in total. The van der Waals surface area contributed by atoms with Crippen LogP contribution in [0.4, 0.5) is 0 Å². The van der Waals surface area contributed by atoms with Crippen LogP contribution in [0.2, 0.25) is 0 Å². The van der Waals surface area contributed by atoms with Gasteiger partial charge in [-0.1, -0.05) is 6.07 Å². The van der Waals surface area contributed by atoms with Gasteiger partial charge in [0.2, 0.25) is 9.84 Å². The number of rotatable bonds is 4. The van der Waals surface area contributed by atoms with Crippen LogP contribution in [0.5, 0.6) is 11.5 Å². The fraction of sp³-hybridized carbons (Fsp3) is 0.0714. The van der Waals surface area contributed by atoms with Gasteiger partial charge in [-0.3, -0.25) is 0 Å². The summed E-state index contributed by atoms with van der Waals surface area (Å²) in [5.41, 5.74) is -0.123. The largest absolute Gasteiger partial charge is 0.504 e. The van der Waals surface area contributed by atoms with Crippen LogP contribution in [0.25, 0.3) is 0 Å². The van der Waals surface area contributed by atoms with E-state index in [1.165, 1.54) is 43.5 Å². The Labute approximate surface area is 121 Å². The second kappa shape index (κ2) is 5.45. The zero-order valence-electron chi connectivity index (χ0n) is 11.0. The number of benzene rings is 2. The Morgan fingerprint density at radius 2 is 1.76 bits per heavy atom. The van der Waals surface area contributed by atoms with Gasteiger partial charge in [0.15, 0.2) is 11.5 Å². The van der Waals surface area contributed by atoms with Crippen molar-refractivity contribution in [3.05, 3.63) is 48.0 Å². The summed E-state index contributed by atoms with van der Waals surface area (Å²) in [5.74, 6) is -1.38. The summed E-state index contributed by atoms with van der Waals surface area (Å²) in [4.78, 5) is 10.7. The van der Waals surface area contributed by atoms with Crippen LogP contribution in [0.1, 0.15) is 10.4 Å². The van der Waals surface area contributed by atoms with Gasteiger partial charge >= 0.3 is 5.97 Å². The van der Waals surface area contributed by atoms with Gasteiger partial charge in [0.1, 0.15) is 0 Å². The van der Waals surface area contributed by atoms with Gasteiger partial charge in [0, 0.05) is 6.07 Å². The molecule has 21 heavy (non-hydrogen) atoms. The molecule has 0 aliphatic rings. The van der Waals surface area contributed by atoms with Crippen LogP contribution in [-0.4, -0.2) is 31.7 Å². The Hall–Kier alpha value is -2.54. The van der Waals surface area contributed by atoms with Crippen LogP contribution >= 0.6 is 0 Å². The number of aromatic carboxylic acids is 1. The van der Waals surface area contributed by atoms with Gasteiger partial charge < -0.3 is 14.9 Å². The highest BCUT2D eigenvalue weighted by molar-refractivity contribution is 7.91. The van der Waals surface area contributed by atoms with E-state index in [2.05, 4.69) is 0 Å². The molecular formula is C14H12O6S. The van der Waals surface area contributed by atoms with E-state index in [-0.39, 0.29) is 26.9 Å². The molecule has 2 rings (SSSR count). The molecule has 0 aromatic heterocycles. The van der Waals surface area contributed by atoms with Crippen molar-refractivity contribution in [3.8, 4) is 11.5 Å². The van der Waals surface area contributed by atoms with Gasteiger partial charge in [-0.05, 0) is 30.3 Å². The van der Waals surface area contributed by atoms with Crippen molar-refractivity contribution in [2.45, 2.75) is 9.79 Å². The van der Waals surface area contributed by atoms with Crippen molar-refractivity contribution in [1.82, 2.24) is 0 Å². The third kappa shape index (κ3) is 2.82. The van der Waals surface area contributed by atoms with Crippen LogP contribution in [0, 0.1) is 0 Å². The number of carbonyl (C=O) groups is 1. The minimum atomic E-state index is -3.90. The number of methoxy groups -OCH3 is 1. The fourth-order valence-electron chi connectivity index (χ4n) is 1.76. The molecule has 110 valence electrons. The Morgan fingerprint density at radius 3 is 2.38 bits per heavy atom. The normalized spacial score (nSPS) is 11.1. The number of carboxylic acids is 1. The predicted octanol–water partition coefficient (Wildman–Crippen LogP) is 1.93. The monoisotopic (exact) mass is 308 g/mol. The molecule has 0 heterocycles. The molecule has 2 aromatic rings. The third-order valence-corrected chi connectivity index (χ3v) is 4.60. The third-order valence-electron chi connectivity index (χ3n) is 2.85. The highest BCUT2D eigenvalue weighted by atomic mass is 32.2. The highest BCUT2D eigenvalue weighted by Gasteiger charge is 2.20. The average molecular weight is 308 g/mol. The van der Waals surface area contributed by atoms with Gasteiger partial charge in [0.25, 0.3) is 0 Å². The molecule has 0 amide bonds. The maximum atomic E-state index is 12.5. The zero-order valence-corrected chi connectivity index (χ0v) is 11.8. The van der Waals surface area contributed by atoms with Crippen molar-refractivity contribution in [1.29, 1.82) is 0 Å². The molecule has 2 aromatic carbocycles. The molecule has 0 atom stereocenters. The molecule has 0 aliphatic heterocycles. The van der Waals surface area contributed by atoms with Crippen LogP contribution < -0.4 is 4.74 Å². The van der Waals surface area contributed by atoms with Crippen molar-refractivity contribution in [2.75, 3.05) is 7.11 Å². The summed E-state index contributed by atoms with van der Waals surface area (Å²) in [6, 6.07) is 8.65. The predicted molar refractivity (Wildman–Crippen MR) is 73.5 cm³/mol. The van der Waals surface area contributed by atoms with E-state index in [0.717, 1.165) is 6.07 Å². The molecule has 0 fully saturated rings. The lowest BCUT2D eigenvalue weighted by Crippen LogP contribution is -2.05. The van der Waals surface area contributed by atoms with E-state index in [1.807, 2.05) is 0 Å². The minimum absolute atomic E-state index is 0.0189. The van der Waals surface area contributed by atoms with Crippen LogP contribution in [0.3, 0.4) is 0 Å². The summed E-state index contributed by atoms with van der Waals surface area (Å²) in [6.45, 7) is 0. The number of carboxylic acid groups (broad SMARTS) is 1. The number of aromatic hydroxyl groups is 1. The quantitative estimate of drug-likeness (QED) is 0.895. The molecule has 0 spiro atoms. The first-order valence-corrected chi connectivity index (χ1v) is 7.30. The van der Waals surface area contributed by atoms with Gasteiger partial charge in [-0.25, -0.2) is 13.2 Å². The maximum absolute atomic E-state index is 12.5. The molecule has 0 saturated heterocycles. The Morgan fingerprint density at radius 1 is 1.10 bits per heavy atom. The van der Waals surface area contributed by atoms with Crippen LogP contribution in [-0.2, 0) is 9.84 Å². The molecular weight excluding hydrogens is 296 g/mol. The first-order valence-electron chi connectivity index (χ1n) is 5.81. The van der Waals surface area contributed by atoms with Crippen molar-refractivity contribution < 1.29 is 28.2 Å². The second-order valence-corrected chi connectivity index (χ2v) is 6.12. The smallest absolute Gasteiger partial charge is 0.335 e. The average Bonchev–Trinajstić information content (AvgIpc) is 2.47. The number of phenols is 1. The lowest BCUT2D eigenvalue weighted by atomic mass is 10.2. The van der Waals surface area contributed by atoms with Gasteiger partial charge in [-0.2, -0.15) is 0 Å². The van der Waals surface area contributed by atoms with Crippen LogP contribution in [0.15, 0.2) is 52.3 Å². The molecule has 0 radical (unpaired) electrons. The molecule has 0 saturated carbocycles. The summed E-state index contributed by atoms with van der Waals surface area (Å²) >= 11 is 0. The van der Waals surface area contributed by atoms with Crippen molar-refractivity contribution >= 4 is 15.8 Å². The Bertz CT molecular complexity index is 795.